The Hall–Kier alpha value is -0.920. The van der Waals surface area contributed by atoms with Gasteiger partial charge in [0.15, 0.2) is 0 Å². The van der Waals surface area contributed by atoms with Crippen LogP contribution in [0.15, 0.2) is 23.1 Å². The first-order valence-corrected chi connectivity index (χ1v) is 9.54. The Morgan fingerprint density at radius 3 is 2.62 bits per heavy atom. The number of nitrogens with two attached hydrogens (primary N) is 1. The number of rotatable bonds is 8. The number of hydrogen-bond donors (Lipinski definition) is 2. The number of nitrogen functional groups attached to an aromatic ring is 1. The molecule has 0 heterocycles. The molecule has 1 aromatic rings. The molecule has 0 spiro atoms. The fourth-order valence-corrected chi connectivity index (χ4v) is 3.51. The first kappa shape index (κ1) is 18.1. The maximum absolute atomic E-state index is 12.1. The number of thioether (sulfide) groups is 1. The summed E-state index contributed by atoms with van der Waals surface area (Å²) in [7, 11) is -0.405. The maximum Gasteiger partial charge on any atom is 0.242 e. The quantitative estimate of drug-likeness (QED) is 0.565. The highest BCUT2D eigenvalue weighted by atomic mass is 32.2. The van der Waals surface area contributed by atoms with E-state index in [0.29, 0.717) is 11.4 Å². The number of sulfonamides is 1. The lowest BCUT2D eigenvalue weighted by atomic mass is 10.2. The van der Waals surface area contributed by atoms with Crippen molar-refractivity contribution >= 4 is 33.2 Å². The zero-order valence-corrected chi connectivity index (χ0v) is 14.7. The van der Waals surface area contributed by atoms with Gasteiger partial charge < -0.3 is 11.1 Å². The predicted octanol–water partition coefficient (Wildman–Crippen LogP) is 2.46. The third kappa shape index (κ3) is 5.09. The van der Waals surface area contributed by atoms with Gasteiger partial charge in [-0.05, 0) is 43.0 Å². The number of anilines is 2. The van der Waals surface area contributed by atoms with E-state index in [4.69, 9.17) is 5.73 Å². The summed E-state index contributed by atoms with van der Waals surface area (Å²) in [5, 5.41) is 3.30. The molecule has 0 bridgehead atoms. The van der Waals surface area contributed by atoms with Crippen LogP contribution in [-0.2, 0) is 10.0 Å². The number of benzene rings is 1. The Balaban J connectivity index is 2.88. The van der Waals surface area contributed by atoms with E-state index >= 15 is 0 Å². The van der Waals surface area contributed by atoms with Gasteiger partial charge in [-0.15, -0.1) is 0 Å². The zero-order valence-electron chi connectivity index (χ0n) is 13.1. The van der Waals surface area contributed by atoms with E-state index < -0.39 is 10.0 Å². The second-order valence-electron chi connectivity index (χ2n) is 5.07. The molecule has 0 aromatic heterocycles. The average molecular weight is 332 g/mol. The van der Waals surface area contributed by atoms with Crippen molar-refractivity contribution in [2.24, 2.45) is 0 Å². The minimum Gasteiger partial charge on any atom is -0.397 e. The Morgan fingerprint density at radius 1 is 1.38 bits per heavy atom. The molecular weight excluding hydrogens is 306 g/mol. The van der Waals surface area contributed by atoms with Crippen LogP contribution in [0, 0.1) is 0 Å². The third-order valence-electron chi connectivity index (χ3n) is 3.10. The van der Waals surface area contributed by atoms with Crippen molar-refractivity contribution in [3.63, 3.8) is 0 Å². The van der Waals surface area contributed by atoms with Crippen LogP contribution in [0.2, 0.25) is 0 Å². The predicted molar refractivity (Wildman–Crippen MR) is 92.4 cm³/mol. The largest absolute Gasteiger partial charge is 0.397 e. The summed E-state index contributed by atoms with van der Waals surface area (Å²) < 4.78 is 25.5. The lowest BCUT2D eigenvalue weighted by Crippen LogP contribution is -2.23. The van der Waals surface area contributed by atoms with E-state index in [9.17, 15) is 8.42 Å². The molecule has 0 fully saturated rings. The van der Waals surface area contributed by atoms with Crippen LogP contribution in [0.4, 0.5) is 11.4 Å². The molecule has 1 unspecified atom stereocenters. The monoisotopic (exact) mass is 331 g/mol. The molecule has 1 atom stereocenters. The zero-order chi connectivity index (χ0) is 16.0. The van der Waals surface area contributed by atoms with Gasteiger partial charge in [0.05, 0.1) is 16.3 Å². The smallest absolute Gasteiger partial charge is 0.242 e. The summed E-state index contributed by atoms with van der Waals surface area (Å²) >= 11 is 1.89. The van der Waals surface area contributed by atoms with Gasteiger partial charge in [0.25, 0.3) is 0 Å². The van der Waals surface area contributed by atoms with Gasteiger partial charge in [0, 0.05) is 20.1 Å². The van der Waals surface area contributed by atoms with Crippen LogP contribution in [0.25, 0.3) is 0 Å². The van der Waals surface area contributed by atoms with Gasteiger partial charge in [-0.2, -0.15) is 11.8 Å². The molecule has 5 nitrogen and oxygen atoms in total. The van der Waals surface area contributed by atoms with Gasteiger partial charge >= 0.3 is 0 Å². The van der Waals surface area contributed by atoms with E-state index in [2.05, 4.69) is 19.2 Å². The lowest BCUT2D eigenvalue weighted by Gasteiger charge is -2.18. The van der Waals surface area contributed by atoms with Crippen LogP contribution in [0.1, 0.15) is 20.3 Å². The van der Waals surface area contributed by atoms with Crippen molar-refractivity contribution < 1.29 is 8.42 Å². The molecule has 1 rings (SSSR count). The van der Waals surface area contributed by atoms with Crippen molar-refractivity contribution in [3.8, 4) is 0 Å². The fraction of sp³-hybridized carbons (Fsp3) is 0.571. The summed E-state index contributed by atoms with van der Waals surface area (Å²) in [5.74, 6) is 2.17. The molecule has 0 saturated heterocycles. The van der Waals surface area contributed by atoms with Crippen LogP contribution >= 0.6 is 11.8 Å². The van der Waals surface area contributed by atoms with Gasteiger partial charge in [-0.3, -0.25) is 0 Å². The Morgan fingerprint density at radius 2 is 2.05 bits per heavy atom. The Kier molecular flexibility index (Phi) is 6.83. The Bertz CT molecular complexity index is 559. The van der Waals surface area contributed by atoms with E-state index in [1.807, 2.05) is 11.8 Å². The van der Waals surface area contributed by atoms with Gasteiger partial charge in [0.1, 0.15) is 0 Å². The van der Waals surface area contributed by atoms with Crippen molar-refractivity contribution in [2.75, 3.05) is 36.7 Å². The second-order valence-corrected chi connectivity index (χ2v) is 8.61. The molecule has 0 aliphatic rings. The molecule has 0 aliphatic carbocycles. The van der Waals surface area contributed by atoms with Crippen LogP contribution in [0.5, 0.6) is 0 Å². The van der Waals surface area contributed by atoms with Crippen molar-refractivity contribution in [1.29, 1.82) is 0 Å². The minimum absolute atomic E-state index is 0.240. The van der Waals surface area contributed by atoms with Crippen LogP contribution in [0.3, 0.4) is 0 Å². The van der Waals surface area contributed by atoms with Crippen LogP contribution in [-0.4, -0.2) is 44.4 Å². The van der Waals surface area contributed by atoms with E-state index in [0.717, 1.165) is 17.9 Å². The molecule has 0 amide bonds. The van der Waals surface area contributed by atoms with Gasteiger partial charge in [-0.1, -0.05) is 6.92 Å². The molecule has 3 N–H and O–H groups in total. The topological polar surface area (TPSA) is 75.4 Å². The summed E-state index contributed by atoms with van der Waals surface area (Å²) in [6.07, 6.45) is 1.00. The molecule has 7 heteroatoms. The number of hydrogen-bond acceptors (Lipinski definition) is 5. The minimum atomic E-state index is -3.44. The Labute approximate surface area is 132 Å². The van der Waals surface area contributed by atoms with E-state index in [1.54, 1.807) is 12.1 Å². The van der Waals surface area contributed by atoms with Crippen molar-refractivity contribution in [2.45, 2.75) is 31.2 Å². The molecular formula is C14H25N3O2S2. The van der Waals surface area contributed by atoms with E-state index in [1.165, 1.54) is 24.5 Å². The average Bonchev–Trinajstić information content (AvgIpc) is 2.41. The molecule has 21 heavy (non-hydrogen) atoms. The lowest BCUT2D eigenvalue weighted by molar-refractivity contribution is 0.521. The fourth-order valence-electron chi connectivity index (χ4n) is 1.77. The summed E-state index contributed by atoms with van der Waals surface area (Å²) in [6, 6.07) is 5.01. The molecule has 1 aromatic carbocycles. The third-order valence-corrected chi connectivity index (χ3v) is 5.85. The summed E-state index contributed by atoms with van der Waals surface area (Å²) in [6.45, 7) is 4.21. The highest BCUT2D eigenvalue weighted by Crippen LogP contribution is 2.25. The van der Waals surface area contributed by atoms with Crippen molar-refractivity contribution in [3.05, 3.63) is 18.2 Å². The molecule has 0 radical (unpaired) electrons. The van der Waals surface area contributed by atoms with Gasteiger partial charge in [-0.25, -0.2) is 12.7 Å². The first-order chi connectivity index (χ1) is 9.78. The van der Waals surface area contributed by atoms with E-state index in [-0.39, 0.29) is 10.9 Å². The standard InChI is InChI=1S/C14H25N3O2S2/c1-5-20-9-8-11(2)16-14-10-12(6-7-13(14)15)21(18,19)17(3)4/h6-7,10-11,16H,5,8-9,15H2,1-4H3. The summed E-state index contributed by atoms with van der Waals surface area (Å²) in [5.41, 5.74) is 7.17. The molecule has 120 valence electrons. The summed E-state index contributed by atoms with van der Waals surface area (Å²) in [4.78, 5) is 0.249. The van der Waals surface area contributed by atoms with Crippen LogP contribution < -0.4 is 11.1 Å². The highest BCUT2D eigenvalue weighted by molar-refractivity contribution is 7.99. The first-order valence-electron chi connectivity index (χ1n) is 6.95. The van der Waals surface area contributed by atoms with Crippen molar-refractivity contribution in [1.82, 2.24) is 4.31 Å². The van der Waals surface area contributed by atoms with Gasteiger partial charge in [0.2, 0.25) is 10.0 Å². The molecule has 0 saturated carbocycles. The number of nitrogens with zero attached hydrogens (tertiary/aromatic N) is 1. The second kappa shape index (κ2) is 7.91. The number of nitrogens with one attached hydrogen (secondary N) is 1. The SMILES string of the molecule is CCSCCC(C)Nc1cc(S(=O)(=O)N(C)C)ccc1N. The molecule has 0 aliphatic heterocycles. The maximum atomic E-state index is 12.1. The highest BCUT2D eigenvalue weighted by Gasteiger charge is 2.18. The normalized spacial score (nSPS) is 13.4.